The molecular weight excluding hydrogens is 221 g/mol. The van der Waals surface area contributed by atoms with Gasteiger partial charge in [-0.15, -0.1) is 0 Å². The Bertz CT molecular complexity index is 228. The minimum Gasteiger partial charge on any atom is -0.465 e. The third-order valence-corrected chi connectivity index (χ3v) is 2.21. The zero-order valence-corrected chi connectivity index (χ0v) is 10.1. The zero-order valence-electron chi connectivity index (χ0n) is 10.1. The van der Waals surface area contributed by atoms with Gasteiger partial charge in [-0.3, -0.25) is 4.79 Å². The van der Waals surface area contributed by atoms with Crippen molar-refractivity contribution < 1.29 is 22.7 Å². The van der Waals surface area contributed by atoms with Crippen LogP contribution >= 0.6 is 0 Å². The highest BCUT2D eigenvalue weighted by molar-refractivity contribution is 5.73. The number of hydrogen-bond acceptors (Lipinski definition) is 2. The summed E-state index contributed by atoms with van der Waals surface area (Å²) in [4.78, 5) is 11.5. The van der Waals surface area contributed by atoms with Gasteiger partial charge >= 0.3 is 12.1 Å². The van der Waals surface area contributed by atoms with Gasteiger partial charge in [0.15, 0.2) is 0 Å². The summed E-state index contributed by atoms with van der Waals surface area (Å²) in [5.74, 6) is -1.90. The Morgan fingerprint density at radius 1 is 1.25 bits per heavy atom. The predicted octanol–water partition coefficient (Wildman–Crippen LogP) is 3.55. The Morgan fingerprint density at radius 3 is 2.06 bits per heavy atom. The van der Waals surface area contributed by atoms with Gasteiger partial charge in [-0.1, -0.05) is 27.7 Å². The van der Waals surface area contributed by atoms with Gasteiger partial charge in [-0.25, -0.2) is 0 Å². The smallest absolute Gasteiger partial charge is 0.389 e. The number of hydrogen-bond donors (Lipinski definition) is 0. The molecule has 96 valence electrons. The summed E-state index contributed by atoms with van der Waals surface area (Å²) in [6.07, 6.45) is -4.86. The van der Waals surface area contributed by atoms with E-state index >= 15 is 0 Å². The van der Waals surface area contributed by atoms with Crippen LogP contribution in [0.15, 0.2) is 0 Å². The van der Waals surface area contributed by atoms with Crippen LogP contribution in [0.5, 0.6) is 0 Å². The molecule has 1 atom stereocenters. The van der Waals surface area contributed by atoms with E-state index in [0.29, 0.717) is 6.42 Å². The van der Waals surface area contributed by atoms with Gasteiger partial charge in [0.1, 0.15) is 0 Å². The Labute approximate surface area is 94.2 Å². The second-order valence-electron chi connectivity index (χ2n) is 4.91. The standard InChI is InChI=1S/C11H19F3O2/c1-5-6-16-9(15)8(10(2,3)4)7-11(12,13)14/h8H,5-7H2,1-4H3. The van der Waals surface area contributed by atoms with Crippen molar-refractivity contribution in [2.24, 2.45) is 11.3 Å². The van der Waals surface area contributed by atoms with E-state index in [1.54, 1.807) is 27.7 Å². The molecule has 0 heterocycles. The first-order valence-corrected chi connectivity index (χ1v) is 5.31. The van der Waals surface area contributed by atoms with Crippen LogP contribution in [-0.4, -0.2) is 18.8 Å². The number of rotatable bonds is 4. The normalized spacial score (nSPS) is 14.7. The van der Waals surface area contributed by atoms with Crippen molar-refractivity contribution >= 4 is 5.97 Å². The SMILES string of the molecule is CCCOC(=O)C(CC(F)(F)F)C(C)(C)C. The maximum Gasteiger partial charge on any atom is 0.389 e. The number of alkyl halides is 3. The monoisotopic (exact) mass is 240 g/mol. The first-order chi connectivity index (χ1) is 7.08. The second kappa shape index (κ2) is 5.55. The molecule has 0 aromatic rings. The maximum atomic E-state index is 12.3. The van der Waals surface area contributed by atoms with Crippen LogP contribution in [0.2, 0.25) is 0 Å². The summed E-state index contributed by atoms with van der Waals surface area (Å²) in [7, 11) is 0. The first-order valence-electron chi connectivity index (χ1n) is 5.31. The Kier molecular flexibility index (Phi) is 5.29. The highest BCUT2D eigenvalue weighted by Crippen LogP contribution is 2.36. The van der Waals surface area contributed by atoms with Crippen molar-refractivity contribution in [2.75, 3.05) is 6.61 Å². The van der Waals surface area contributed by atoms with E-state index in [1.807, 2.05) is 0 Å². The first kappa shape index (κ1) is 15.3. The van der Waals surface area contributed by atoms with Gasteiger partial charge in [-0.2, -0.15) is 13.2 Å². The summed E-state index contributed by atoms with van der Waals surface area (Å²) in [6.45, 7) is 6.79. The zero-order chi connectivity index (χ0) is 13.0. The van der Waals surface area contributed by atoms with Crippen LogP contribution < -0.4 is 0 Å². The number of esters is 1. The molecule has 0 fully saturated rings. The minimum absolute atomic E-state index is 0.170. The lowest BCUT2D eigenvalue weighted by Gasteiger charge is -2.29. The fraction of sp³-hybridized carbons (Fsp3) is 0.909. The van der Waals surface area contributed by atoms with Gasteiger partial charge in [-0.05, 0) is 11.8 Å². The second-order valence-corrected chi connectivity index (χ2v) is 4.91. The molecule has 0 saturated heterocycles. The Morgan fingerprint density at radius 2 is 1.75 bits per heavy atom. The van der Waals surface area contributed by atoms with Crippen molar-refractivity contribution in [2.45, 2.75) is 46.7 Å². The van der Waals surface area contributed by atoms with Crippen LogP contribution in [0.1, 0.15) is 40.5 Å². The molecule has 0 aromatic heterocycles. The fourth-order valence-electron chi connectivity index (χ4n) is 1.28. The molecule has 0 spiro atoms. The molecule has 0 aromatic carbocycles. The van der Waals surface area contributed by atoms with Gasteiger partial charge in [0.2, 0.25) is 0 Å². The molecule has 0 bridgehead atoms. The molecule has 0 aliphatic heterocycles. The molecule has 2 nitrogen and oxygen atoms in total. The van der Waals surface area contributed by atoms with Crippen LogP contribution in [0, 0.1) is 11.3 Å². The lowest BCUT2D eigenvalue weighted by atomic mass is 9.78. The van der Waals surface area contributed by atoms with E-state index in [2.05, 4.69) is 0 Å². The molecule has 0 amide bonds. The molecule has 0 aliphatic rings. The molecular formula is C11H19F3O2. The Hall–Kier alpha value is -0.740. The fourth-order valence-corrected chi connectivity index (χ4v) is 1.28. The average molecular weight is 240 g/mol. The van der Waals surface area contributed by atoms with Crippen molar-refractivity contribution in [3.8, 4) is 0 Å². The molecule has 5 heteroatoms. The van der Waals surface area contributed by atoms with Crippen molar-refractivity contribution in [3.05, 3.63) is 0 Å². The van der Waals surface area contributed by atoms with Crippen LogP contribution in [0.4, 0.5) is 13.2 Å². The summed E-state index contributed by atoms with van der Waals surface area (Å²) < 4.78 is 41.7. The van der Waals surface area contributed by atoms with E-state index in [4.69, 9.17) is 4.74 Å². The van der Waals surface area contributed by atoms with E-state index < -0.39 is 29.9 Å². The number of carbonyl (C=O) groups excluding carboxylic acids is 1. The molecule has 16 heavy (non-hydrogen) atoms. The van der Waals surface area contributed by atoms with Crippen LogP contribution in [0.3, 0.4) is 0 Å². The highest BCUT2D eigenvalue weighted by atomic mass is 19.4. The number of ether oxygens (including phenoxy) is 1. The molecule has 0 aliphatic carbocycles. The highest BCUT2D eigenvalue weighted by Gasteiger charge is 2.42. The van der Waals surface area contributed by atoms with Crippen LogP contribution in [-0.2, 0) is 9.53 Å². The van der Waals surface area contributed by atoms with Gasteiger partial charge in [0, 0.05) is 0 Å². The summed E-state index contributed by atoms with van der Waals surface area (Å²) >= 11 is 0. The van der Waals surface area contributed by atoms with E-state index in [9.17, 15) is 18.0 Å². The van der Waals surface area contributed by atoms with E-state index in [1.165, 1.54) is 0 Å². The predicted molar refractivity (Wildman–Crippen MR) is 54.9 cm³/mol. The van der Waals surface area contributed by atoms with Gasteiger partial charge in [0.05, 0.1) is 18.9 Å². The lowest BCUT2D eigenvalue weighted by Crippen LogP contribution is -2.34. The number of halogens is 3. The van der Waals surface area contributed by atoms with Crippen molar-refractivity contribution in [1.82, 2.24) is 0 Å². The van der Waals surface area contributed by atoms with E-state index in [0.717, 1.165) is 0 Å². The molecule has 1 unspecified atom stereocenters. The van der Waals surface area contributed by atoms with Gasteiger partial charge < -0.3 is 4.74 Å². The topological polar surface area (TPSA) is 26.3 Å². The van der Waals surface area contributed by atoms with E-state index in [-0.39, 0.29) is 6.61 Å². The number of carbonyl (C=O) groups is 1. The third kappa shape index (κ3) is 5.98. The van der Waals surface area contributed by atoms with Gasteiger partial charge in [0.25, 0.3) is 0 Å². The molecule has 0 rings (SSSR count). The molecule has 0 radical (unpaired) electrons. The quantitative estimate of drug-likeness (QED) is 0.702. The minimum atomic E-state index is -4.34. The molecule has 0 N–H and O–H groups in total. The third-order valence-electron chi connectivity index (χ3n) is 2.21. The largest absolute Gasteiger partial charge is 0.465 e. The van der Waals surface area contributed by atoms with Crippen molar-refractivity contribution in [1.29, 1.82) is 0 Å². The molecule has 0 saturated carbocycles. The Balaban J connectivity index is 4.62. The summed E-state index contributed by atoms with van der Waals surface area (Å²) in [6, 6.07) is 0. The summed E-state index contributed by atoms with van der Waals surface area (Å²) in [5, 5.41) is 0. The lowest BCUT2D eigenvalue weighted by molar-refractivity contribution is -0.175. The van der Waals surface area contributed by atoms with Crippen LogP contribution in [0.25, 0.3) is 0 Å². The maximum absolute atomic E-state index is 12.3. The summed E-state index contributed by atoms with van der Waals surface area (Å²) in [5.41, 5.74) is -0.750. The average Bonchev–Trinajstić information content (AvgIpc) is 2.07. The van der Waals surface area contributed by atoms with Crippen molar-refractivity contribution in [3.63, 3.8) is 0 Å².